The van der Waals surface area contributed by atoms with Crippen molar-refractivity contribution in [1.29, 1.82) is 0 Å². The van der Waals surface area contributed by atoms with Crippen molar-refractivity contribution in [2.45, 2.75) is 20.3 Å². The van der Waals surface area contributed by atoms with Crippen molar-refractivity contribution in [2.75, 3.05) is 33.8 Å². The molecule has 0 bridgehead atoms. The monoisotopic (exact) mass is 236 g/mol. The zero-order valence-electron chi connectivity index (χ0n) is 11.4. The summed E-state index contributed by atoms with van der Waals surface area (Å²) in [5.41, 5.74) is 3.81. The van der Waals surface area contributed by atoms with Crippen molar-refractivity contribution in [3.05, 3.63) is 28.8 Å². The second-order valence-corrected chi connectivity index (χ2v) is 4.37. The minimum atomic E-state index is 1.01. The Morgan fingerprint density at radius 1 is 1.06 bits per heavy atom. The third kappa shape index (κ3) is 4.36. The van der Waals surface area contributed by atoms with Crippen LogP contribution in [-0.4, -0.2) is 33.8 Å². The molecule has 0 radical (unpaired) electrons. The summed E-state index contributed by atoms with van der Waals surface area (Å²) in [7, 11) is 3.70. The van der Waals surface area contributed by atoms with Gasteiger partial charge in [-0.15, -0.1) is 0 Å². The number of ether oxygens (including phenoxy) is 1. The molecule has 1 aromatic carbocycles. The van der Waals surface area contributed by atoms with E-state index >= 15 is 0 Å². The molecule has 0 unspecified atom stereocenters. The molecule has 0 aliphatic carbocycles. The summed E-state index contributed by atoms with van der Waals surface area (Å²) in [6.45, 7) is 7.26. The molecule has 0 heterocycles. The van der Waals surface area contributed by atoms with Gasteiger partial charge >= 0.3 is 0 Å². The van der Waals surface area contributed by atoms with Gasteiger partial charge in [0.2, 0.25) is 0 Å². The Balaban J connectivity index is 2.49. The van der Waals surface area contributed by atoms with Gasteiger partial charge in [-0.05, 0) is 50.6 Å². The SMILES string of the molecule is CNCCNCCc1cc(C)c(OC)c(C)c1. The van der Waals surface area contributed by atoms with E-state index in [1.807, 2.05) is 7.05 Å². The molecule has 0 fully saturated rings. The van der Waals surface area contributed by atoms with Crippen molar-refractivity contribution >= 4 is 0 Å². The Morgan fingerprint density at radius 3 is 2.24 bits per heavy atom. The molecule has 96 valence electrons. The van der Waals surface area contributed by atoms with E-state index < -0.39 is 0 Å². The van der Waals surface area contributed by atoms with Crippen molar-refractivity contribution in [3.63, 3.8) is 0 Å². The predicted molar refractivity (Wildman–Crippen MR) is 73.0 cm³/mol. The van der Waals surface area contributed by atoms with Gasteiger partial charge in [0.1, 0.15) is 5.75 Å². The Morgan fingerprint density at radius 2 is 1.71 bits per heavy atom. The summed E-state index contributed by atoms with van der Waals surface area (Å²) in [4.78, 5) is 0. The van der Waals surface area contributed by atoms with Gasteiger partial charge in [-0.25, -0.2) is 0 Å². The van der Waals surface area contributed by atoms with Crippen LogP contribution in [0.4, 0.5) is 0 Å². The first-order chi connectivity index (χ1) is 8.19. The van der Waals surface area contributed by atoms with Crippen molar-refractivity contribution in [2.24, 2.45) is 0 Å². The summed E-state index contributed by atoms with van der Waals surface area (Å²) >= 11 is 0. The van der Waals surface area contributed by atoms with E-state index in [9.17, 15) is 0 Å². The zero-order valence-corrected chi connectivity index (χ0v) is 11.4. The third-order valence-electron chi connectivity index (χ3n) is 2.87. The largest absolute Gasteiger partial charge is 0.496 e. The Labute approximate surface area is 105 Å². The van der Waals surface area contributed by atoms with Gasteiger partial charge in [0.15, 0.2) is 0 Å². The van der Waals surface area contributed by atoms with Gasteiger partial charge in [0, 0.05) is 13.1 Å². The van der Waals surface area contributed by atoms with E-state index in [1.165, 1.54) is 16.7 Å². The highest BCUT2D eigenvalue weighted by atomic mass is 16.5. The lowest BCUT2D eigenvalue weighted by atomic mass is 10.0. The molecular formula is C14H24N2O. The molecule has 0 atom stereocenters. The number of hydrogen-bond acceptors (Lipinski definition) is 3. The zero-order chi connectivity index (χ0) is 12.7. The van der Waals surface area contributed by atoms with Crippen LogP contribution in [-0.2, 0) is 6.42 Å². The smallest absolute Gasteiger partial charge is 0.124 e. The number of hydrogen-bond donors (Lipinski definition) is 2. The van der Waals surface area contributed by atoms with Crippen LogP contribution in [0.3, 0.4) is 0 Å². The van der Waals surface area contributed by atoms with E-state index in [2.05, 4.69) is 36.6 Å². The van der Waals surface area contributed by atoms with Crippen LogP contribution in [0.15, 0.2) is 12.1 Å². The molecule has 0 saturated carbocycles. The van der Waals surface area contributed by atoms with Crippen molar-refractivity contribution in [3.8, 4) is 5.75 Å². The lowest BCUT2D eigenvalue weighted by Crippen LogP contribution is -2.26. The molecule has 0 saturated heterocycles. The lowest BCUT2D eigenvalue weighted by molar-refractivity contribution is 0.408. The van der Waals surface area contributed by atoms with E-state index in [0.29, 0.717) is 0 Å². The fourth-order valence-electron chi connectivity index (χ4n) is 2.08. The second-order valence-electron chi connectivity index (χ2n) is 4.37. The van der Waals surface area contributed by atoms with Crippen LogP contribution in [0.2, 0.25) is 0 Å². The van der Waals surface area contributed by atoms with Crippen LogP contribution >= 0.6 is 0 Å². The minimum absolute atomic E-state index is 1.01. The topological polar surface area (TPSA) is 33.3 Å². The third-order valence-corrected chi connectivity index (χ3v) is 2.87. The number of benzene rings is 1. The molecule has 0 aromatic heterocycles. The average molecular weight is 236 g/mol. The Kier molecular flexibility index (Phi) is 6.01. The van der Waals surface area contributed by atoms with Crippen LogP contribution in [0.1, 0.15) is 16.7 Å². The van der Waals surface area contributed by atoms with Crippen LogP contribution in [0, 0.1) is 13.8 Å². The summed E-state index contributed by atoms with van der Waals surface area (Å²) < 4.78 is 5.36. The lowest BCUT2D eigenvalue weighted by Gasteiger charge is -2.11. The highest BCUT2D eigenvalue weighted by Crippen LogP contribution is 2.24. The van der Waals surface area contributed by atoms with Gasteiger partial charge in [0.25, 0.3) is 0 Å². The van der Waals surface area contributed by atoms with Gasteiger partial charge < -0.3 is 15.4 Å². The molecule has 1 rings (SSSR count). The summed E-state index contributed by atoms with van der Waals surface area (Å²) in [6.07, 6.45) is 1.06. The highest BCUT2D eigenvalue weighted by Gasteiger charge is 2.04. The molecule has 17 heavy (non-hydrogen) atoms. The highest BCUT2D eigenvalue weighted by molar-refractivity contribution is 5.43. The Hall–Kier alpha value is -1.06. The predicted octanol–water partition coefficient (Wildman–Crippen LogP) is 1.66. The van der Waals surface area contributed by atoms with Crippen molar-refractivity contribution < 1.29 is 4.74 Å². The number of methoxy groups -OCH3 is 1. The fraction of sp³-hybridized carbons (Fsp3) is 0.571. The molecular weight excluding hydrogens is 212 g/mol. The number of rotatable bonds is 7. The number of likely N-dealkylation sites (N-methyl/N-ethyl adjacent to an activating group) is 1. The molecule has 1 aromatic rings. The van der Waals surface area contributed by atoms with Crippen LogP contribution in [0.25, 0.3) is 0 Å². The van der Waals surface area contributed by atoms with Gasteiger partial charge in [-0.3, -0.25) is 0 Å². The van der Waals surface area contributed by atoms with Gasteiger partial charge in [-0.1, -0.05) is 12.1 Å². The molecule has 0 aliphatic rings. The van der Waals surface area contributed by atoms with Crippen LogP contribution < -0.4 is 15.4 Å². The van der Waals surface area contributed by atoms with Gasteiger partial charge in [0.05, 0.1) is 7.11 Å². The van der Waals surface area contributed by atoms with E-state index in [0.717, 1.165) is 31.8 Å². The number of nitrogens with one attached hydrogen (secondary N) is 2. The van der Waals surface area contributed by atoms with E-state index in [4.69, 9.17) is 4.74 Å². The van der Waals surface area contributed by atoms with E-state index in [-0.39, 0.29) is 0 Å². The normalized spacial score (nSPS) is 10.6. The maximum Gasteiger partial charge on any atom is 0.124 e. The van der Waals surface area contributed by atoms with Crippen LogP contribution in [0.5, 0.6) is 5.75 Å². The summed E-state index contributed by atoms with van der Waals surface area (Å²) in [5, 5.41) is 6.53. The quantitative estimate of drug-likeness (QED) is 0.707. The maximum absolute atomic E-state index is 5.36. The molecule has 2 N–H and O–H groups in total. The molecule has 0 aliphatic heterocycles. The molecule has 3 heteroatoms. The minimum Gasteiger partial charge on any atom is -0.496 e. The first-order valence-corrected chi connectivity index (χ1v) is 6.18. The summed E-state index contributed by atoms with van der Waals surface area (Å²) in [6, 6.07) is 4.43. The van der Waals surface area contributed by atoms with Gasteiger partial charge in [-0.2, -0.15) is 0 Å². The Bertz CT molecular complexity index is 327. The van der Waals surface area contributed by atoms with Crippen molar-refractivity contribution in [1.82, 2.24) is 10.6 Å². The number of aryl methyl sites for hydroxylation is 2. The standard InChI is InChI=1S/C14H24N2O/c1-11-9-13(5-6-16-8-7-15-3)10-12(2)14(11)17-4/h9-10,15-16H,5-8H2,1-4H3. The molecule has 3 nitrogen and oxygen atoms in total. The summed E-state index contributed by atoms with van der Waals surface area (Å²) in [5.74, 6) is 1.01. The second kappa shape index (κ2) is 7.30. The maximum atomic E-state index is 5.36. The fourth-order valence-corrected chi connectivity index (χ4v) is 2.08. The molecule has 0 spiro atoms. The van der Waals surface area contributed by atoms with E-state index in [1.54, 1.807) is 7.11 Å². The average Bonchev–Trinajstić information content (AvgIpc) is 2.28. The first kappa shape index (κ1) is 14.0. The molecule has 0 amide bonds. The first-order valence-electron chi connectivity index (χ1n) is 6.18.